The summed E-state index contributed by atoms with van der Waals surface area (Å²) in [7, 11) is 0. The average Bonchev–Trinajstić information content (AvgIpc) is 2.93. The molecule has 0 heterocycles. The van der Waals surface area contributed by atoms with Gasteiger partial charge < -0.3 is 5.32 Å². The van der Waals surface area contributed by atoms with Gasteiger partial charge in [-0.3, -0.25) is 4.79 Å². The molecule has 112 valence electrons. The van der Waals surface area contributed by atoms with E-state index in [4.69, 9.17) is 23.2 Å². The number of amides is 1. The minimum atomic E-state index is 0.150. The Morgan fingerprint density at radius 3 is 2.76 bits per heavy atom. The topological polar surface area (TPSA) is 29.1 Å². The van der Waals surface area contributed by atoms with E-state index in [1.165, 1.54) is 25.7 Å². The predicted molar refractivity (Wildman–Crippen MR) is 85.6 cm³/mol. The summed E-state index contributed by atoms with van der Waals surface area (Å²) in [6, 6.07) is 5.22. The summed E-state index contributed by atoms with van der Waals surface area (Å²) < 4.78 is 0. The molecule has 0 saturated heterocycles. The fraction of sp³-hybridized carbons (Fsp3) is 0.588. The fourth-order valence-corrected chi connectivity index (χ4v) is 5.52. The van der Waals surface area contributed by atoms with E-state index in [0.717, 1.165) is 24.2 Å². The molecular weight excluding hydrogens is 305 g/mol. The van der Waals surface area contributed by atoms with Crippen LogP contribution in [0.15, 0.2) is 18.2 Å². The van der Waals surface area contributed by atoms with Crippen LogP contribution in [0.3, 0.4) is 0 Å². The molecule has 4 heteroatoms. The number of halogens is 2. The Labute approximate surface area is 135 Å². The lowest BCUT2D eigenvalue weighted by Gasteiger charge is -2.29. The molecule has 3 aliphatic carbocycles. The van der Waals surface area contributed by atoms with Gasteiger partial charge in [0.2, 0.25) is 5.91 Å². The number of hydrogen-bond acceptors (Lipinski definition) is 1. The van der Waals surface area contributed by atoms with Crippen LogP contribution in [0.1, 0.15) is 32.1 Å². The largest absolute Gasteiger partial charge is 0.325 e. The maximum atomic E-state index is 12.7. The Morgan fingerprint density at radius 1 is 1.10 bits per heavy atom. The van der Waals surface area contributed by atoms with Gasteiger partial charge in [0.1, 0.15) is 0 Å². The first-order valence-electron chi connectivity index (χ1n) is 7.87. The molecule has 1 aromatic carbocycles. The molecule has 2 nitrogen and oxygen atoms in total. The third kappa shape index (κ3) is 2.37. The van der Waals surface area contributed by atoms with Gasteiger partial charge in [-0.2, -0.15) is 0 Å². The lowest BCUT2D eigenvalue weighted by atomic mass is 9.76. The van der Waals surface area contributed by atoms with E-state index < -0.39 is 0 Å². The van der Waals surface area contributed by atoms with Crippen LogP contribution < -0.4 is 5.32 Å². The number of rotatable bonds is 2. The third-order valence-electron chi connectivity index (χ3n) is 5.90. The van der Waals surface area contributed by atoms with Gasteiger partial charge in [-0.15, -0.1) is 0 Å². The van der Waals surface area contributed by atoms with Crippen molar-refractivity contribution in [2.24, 2.45) is 29.6 Å². The number of nitrogens with one attached hydrogen (secondary N) is 1. The molecule has 4 rings (SSSR count). The monoisotopic (exact) mass is 323 g/mol. The summed E-state index contributed by atoms with van der Waals surface area (Å²) in [6.45, 7) is 0. The van der Waals surface area contributed by atoms with Gasteiger partial charge in [-0.1, -0.05) is 29.6 Å². The Kier molecular flexibility index (Phi) is 3.42. The molecule has 5 unspecified atom stereocenters. The minimum Gasteiger partial charge on any atom is -0.325 e. The van der Waals surface area contributed by atoms with Crippen LogP contribution in [0.2, 0.25) is 10.0 Å². The Hall–Kier alpha value is -0.730. The van der Waals surface area contributed by atoms with Gasteiger partial charge in [-0.25, -0.2) is 0 Å². The van der Waals surface area contributed by atoms with Crippen molar-refractivity contribution in [2.45, 2.75) is 32.1 Å². The van der Waals surface area contributed by atoms with Gasteiger partial charge >= 0.3 is 0 Å². The van der Waals surface area contributed by atoms with Crippen LogP contribution in [0.4, 0.5) is 5.69 Å². The number of fused-ring (bicyclic) bond motifs is 1. The highest BCUT2D eigenvalue weighted by molar-refractivity contribution is 6.36. The molecule has 0 radical (unpaired) electrons. The zero-order chi connectivity index (χ0) is 14.6. The van der Waals surface area contributed by atoms with Crippen molar-refractivity contribution in [2.75, 3.05) is 5.32 Å². The van der Waals surface area contributed by atoms with E-state index in [1.807, 2.05) is 0 Å². The lowest BCUT2D eigenvalue weighted by molar-refractivity contribution is -0.121. The second-order valence-corrected chi connectivity index (χ2v) is 7.80. The van der Waals surface area contributed by atoms with E-state index in [-0.39, 0.29) is 11.8 Å². The number of carbonyl (C=O) groups is 1. The first-order chi connectivity index (χ1) is 10.1. The van der Waals surface area contributed by atoms with Crippen LogP contribution in [0.25, 0.3) is 0 Å². The molecule has 0 aliphatic heterocycles. The standard InChI is InChI=1S/C17H19Cl2NO/c18-11-2-4-16(15(19)8-11)20-17(21)14-7-10-5-9-1-3-12(14)13(10)6-9/h2,4,8-10,12-14H,1,3,5-7H2,(H,20,21). The average molecular weight is 324 g/mol. The normalized spacial score (nSPS) is 36.8. The summed E-state index contributed by atoms with van der Waals surface area (Å²) in [5, 5.41) is 4.12. The fourth-order valence-electron chi connectivity index (χ4n) is 5.07. The van der Waals surface area contributed by atoms with Crippen molar-refractivity contribution < 1.29 is 4.79 Å². The summed E-state index contributed by atoms with van der Waals surface area (Å²) in [5.74, 6) is 3.47. The SMILES string of the molecule is O=C(Nc1ccc(Cl)cc1Cl)C1CC2CC3CCC1C2C3. The van der Waals surface area contributed by atoms with E-state index >= 15 is 0 Å². The molecule has 2 bridgehead atoms. The summed E-state index contributed by atoms with van der Waals surface area (Å²) in [5.41, 5.74) is 0.678. The van der Waals surface area contributed by atoms with Crippen LogP contribution in [-0.4, -0.2) is 5.91 Å². The smallest absolute Gasteiger partial charge is 0.227 e. The zero-order valence-corrected chi connectivity index (χ0v) is 13.3. The molecule has 21 heavy (non-hydrogen) atoms. The molecular formula is C17H19Cl2NO. The Morgan fingerprint density at radius 2 is 1.95 bits per heavy atom. The molecule has 1 N–H and O–H groups in total. The Bertz CT molecular complexity index is 586. The van der Waals surface area contributed by atoms with E-state index in [0.29, 0.717) is 21.7 Å². The van der Waals surface area contributed by atoms with Gasteiger partial charge in [0, 0.05) is 10.9 Å². The highest BCUT2D eigenvalue weighted by Crippen LogP contribution is 2.59. The molecule has 0 spiro atoms. The van der Waals surface area contributed by atoms with Gasteiger partial charge in [0.15, 0.2) is 0 Å². The third-order valence-corrected chi connectivity index (χ3v) is 6.45. The summed E-state index contributed by atoms with van der Waals surface area (Å²) in [4.78, 5) is 12.7. The molecule has 1 aromatic rings. The number of carbonyl (C=O) groups excluding carboxylic acids is 1. The molecule has 1 amide bonds. The minimum absolute atomic E-state index is 0.150. The van der Waals surface area contributed by atoms with Crippen LogP contribution in [0.5, 0.6) is 0 Å². The lowest BCUT2D eigenvalue weighted by Crippen LogP contribution is -2.30. The predicted octanol–water partition coefficient (Wildman–Crippen LogP) is 5.00. The van der Waals surface area contributed by atoms with Crippen molar-refractivity contribution in [3.05, 3.63) is 28.2 Å². The maximum Gasteiger partial charge on any atom is 0.227 e. The van der Waals surface area contributed by atoms with Crippen molar-refractivity contribution >= 4 is 34.8 Å². The van der Waals surface area contributed by atoms with E-state index in [1.54, 1.807) is 18.2 Å². The molecule has 5 atom stereocenters. The zero-order valence-electron chi connectivity index (χ0n) is 11.8. The second kappa shape index (κ2) is 5.17. The van der Waals surface area contributed by atoms with Crippen LogP contribution >= 0.6 is 23.2 Å². The van der Waals surface area contributed by atoms with Gasteiger partial charge in [-0.05, 0) is 67.6 Å². The van der Waals surface area contributed by atoms with E-state index in [2.05, 4.69) is 5.32 Å². The molecule has 3 saturated carbocycles. The van der Waals surface area contributed by atoms with Gasteiger partial charge in [0.05, 0.1) is 10.7 Å². The Balaban J connectivity index is 1.50. The number of benzene rings is 1. The van der Waals surface area contributed by atoms with Crippen LogP contribution in [0, 0.1) is 29.6 Å². The number of hydrogen-bond donors (Lipinski definition) is 1. The maximum absolute atomic E-state index is 12.7. The van der Waals surface area contributed by atoms with Crippen molar-refractivity contribution in [3.8, 4) is 0 Å². The first-order valence-corrected chi connectivity index (χ1v) is 8.63. The van der Waals surface area contributed by atoms with Crippen molar-refractivity contribution in [1.82, 2.24) is 0 Å². The van der Waals surface area contributed by atoms with E-state index in [9.17, 15) is 4.79 Å². The van der Waals surface area contributed by atoms with Crippen molar-refractivity contribution in [3.63, 3.8) is 0 Å². The molecule has 3 fully saturated rings. The highest BCUT2D eigenvalue weighted by atomic mass is 35.5. The van der Waals surface area contributed by atoms with Crippen LogP contribution in [-0.2, 0) is 4.79 Å². The first kappa shape index (κ1) is 13.9. The quantitative estimate of drug-likeness (QED) is 0.814. The molecule has 3 aliphatic rings. The van der Waals surface area contributed by atoms with Gasteiger partial charge in [0.25, 0.3) is 0 Å². The summed E-state index contributed by atoms with van der Waals surface area (Å²) >= 11 is 12.1. The summed E-state index contributed by atoms with van der Waals surface area (Å²) in [6.07, 6.45) is 6.34. The molecule has 0 aromatic heterocycles. The van der Waals surface area contributed by atoms with Crippen molar-refractivity contribution in [1.29, 1.82) is 0 Å². The highest BCUT2D eigenvalue weighted by Gasteiger charge is 2.52. The number of anilines is 1. The second-order valence-electron chi connectivity index (χ2n) is 6.96.